The minimum Gasteiger partial charge on any atom is -0.480 e. The van der Waals surface area contributed by atoms with Crippen molar-refractivity contribution in [1.29, 1.82) is 0 Å². The van der Waals surface area contributed by atoms with Gasteiger partial charge in [0.25, 0.3) is 0 Å². The summed E-state index contributed by atoms with van der Waals surface area (Å²) in [5.74, 6) is -2.09. The first-order valence-corrected chi connectivity index (χ1v) is 2.26. The van der Waals surface area contributed by atoms with E-state index >= 15 is 0 Å². The first-order valence-electron chi connectivity index (χ1n) is 2.26. The first kappa shape index (κ1) is 7.90. The molecule has 4 N–H and O–H groups in total. The Morgan fingerprint density at radius 3 is 2.22 bits per heavy atom. The summed E-state index contributed by atoms with van der Waals surface area (Å²) in [6.45, 7) is 0. The summed E-state index contributed by atoms with van der Waals surface area (Å²) in [6, 6.07) is -1.41. The molecule has 5 nitrogen and oxygen atoms in total. The van der Waals surface area contributed by atoms with Crippen molar-refractivity contribution in [3.63, 3.8) is 0 Å². The van der Waals surface area contributed by atoms with Gasteiger partial charge in [-0.25, -0.2) is 5.73 Å². The predicted molar refractivity (Wildman–Crippen MR) is 28.3 cm³/mol. The molecule has 1 amide bonds. The lowest BCUT2D eigenvalue weighted by molar-refractivity contribution is -0.140. The second-order valence-electron chi connectivity index (χ2n) is 1.56. The third kappa shape index (κ3) is 3.48. The van der Waals surface area contributed by atoms with Gasteiger partial charge < -0.3 is 10.8 Å². The number of carboxylic acids is 1. The highest BCUT2D eigenvalue weighted by Crippen LogP contribution is 1.86. The van der Waals surface area contributed by atoms with Gasteiger partial charge in [0.05, 0.1) is 6.42 Å². The number of rotatable bonds is 3. The van der Waals surface area contributed by atoms with E-state index in [1.807, 2.05) is 0 Å². The number of nitrogens with one attached hydrogen (secondary N) is 1. The number of carboxylic acid groups (broad SMARTS) is 1. The van der Waals surface area contributed by atoms with Gasteiger partial charge in [-0.2, -0.15) is 0 Å². The van der Waals surface area contributed by atoms with E-state index in [1.54, 1.807) is 0 Å². The number of amides is 1. The van der Waals surface area contributed by atoms with Crippen molar-refractivity contribution < 1.29 is 14.7 Å². The molecule has 0 fully saturated rings. The number of primary amides is 1. The van der Waals surface area contributed by atoms with Gasteiger partial charge in [0, 0.05) is 0 Å². The van der Waals surface area contributed by atoms with Gasteiger partial charge in [-0.05, 0) is 0 Å². The van der Waals surface area contributed by atoms with E-state index in [9.17, 15) is 9.59 Å². The van der Waals surface area contributed by atoms with Crippen LogP contribution in [0.2, 0.25) is 0 Å². The van der Waals surface area contributed by atoms with Gasteiger partial charge in [0.2, 0.25) is 5.91 Å². The number of carbonyl (C=O) groups is 2. The molecule has 0 heterocycles. The molecular formula is C4H7N2O3. The second-order valence-corrected chi connectivity index (χ2v) is 1.56. The molecule has 0 spiro atoms. The minimum atomic E-state index is -1.41. The Bertz CT molecular complexity index is 134. The SMILES string of the molecule is [NH]C(CC(N)=O)C(=O)O. The molecule has 0 saturated heterocycles. The molecule has 5 heteroatoms. The van der Waals surface area contributed by atoms with E-state index in [2.05, 4.69) is 5.73 Å². The number of hydrogen-bond acceptors (Lipinski definition) is 2. The molecule has 0 aromatic heterocycles. The maximum Gasteiger partial charge on any atom is 0.322 e. The fourth-order valence-corrected chi connectivity index (χ4v) is 0.288. The van der Waals surface area contributed by atoms with Crippen LogP contribution in [-0.4, -0.2) is 23.0 Å². The molecule has 1 unspecified atom stereocenters. The summed E-state index contributed by atoms with van der Waals surface area (Å²) in [5, 5.41) is 8.04. The molecule has 0 aliphatic rings. The monoisotopic (exact) mass is 131 g/mol. The first-order chi connectivity index (χ1) is 4.04. The largest absolute Gasteiger partial charge is 0.480 e. The molecule has 0 aliphatic heterocycles. The fourth-order valence-electron chi connectivity index (χ4n) is 0.288. The average molecular weight is 131 g/mol. The fraction of sp³-hybridized carbons (Fsp3) is 0.500. The predicted octanol–water partition coefficient (Wildman–Crippen LogP) is -1.40. The third-order valence-corrected chi connectivity index (χ3v) is 0.703. The topological polar surface area (TPSA) is 104 Å². The minimum absolute atomic E-state index is 0.421. The van der Waals surface area contributed by atoms with Gasteiger partial charge >= 0.3 is 5.97 Å². The highest BCUT2D eigenvalue weighted by Gasteiger charge is 2.14. The molecule has 51 valence electrons. The van der Waals surface area contributed by atoms with Crippen molar-refractivity contribution in [3.05, 3.63) is 0 Å². The lowest BCUT2D eigenvalue weighted by atomic mass is 10.2. The smallest absolute Gasteiger partial charge is 0.322 e. The highest BCUT2D eigenvalue weighted by atomic mass is 16.4. The van der Waals surface area contributed by atoms with Crippen molar-refractivity contribution in [2.24, 2.45) is 5.73 Å². The van der Waals surface area contributed by atoms with Gasteiger partial charge in [-0.3, -0.25) is 9.59 Å². The summed E-state index contributed by atoms with van der Waals surface area (Å²) in [7, 11) is 0. The van der Waals surface area contributed by atoms with Crippen molar-refractivity contribution >= 4 is 11.9 Å². The Balaban J connectivity index is 3.63. The zero-order valence-corrected chi connectivity index (χ0v) is 4.63. The van der Waals surface area contributed by atoms with Crippen molar-refractivity contribution in [1.82, 2.24) is 5.73 Å². The zero-order chi connectivity index (χ0) is 7.44. The molecule has 1 radical (unpaired) electrons. The summed E-state index contributed by atoms with van der Waals surface area (Å²) in [4.78, 5) is 19.8. The average Bonchev–Trinajstić information content (AvgIpc) is 1.63. The van der Waals surface area contributed by atoms with Crippen LogP contribution >= 0.6 is 0 Å². The number of carbonyl (C=O) groups excluding carboxylic acids is 1. The number of hydrogen-bond donors (Lipinski definition) is 2. The van der Waals surface area contributed by atoms with Crippen LogP contribution in [0.25, 0.3) is 0 Å². The highest BCUT2D eigenvalue weighted by molar-refractivity contribution is 5.82. The van der Waals surface area contributed by atoms with Crippen molar-refractivity contribution in [3.8, 4) is 0 Å². The van der Waals surface area contributed by atoms with Gasteiger partial charge in [0.15, 0.2) is 0 Å². The Morgan fingerprint density at radius 1 is 1.67 bits per heavy atom. The Morgan fingerprint density at radius 2 is 2.11 bits per heavy atom. The summed E-state index contributed by atoms with van der Waals surface area (Å²) < 4.78 is 0. The van der Waals surface area contributed by atoms with Gasteiger partial charge in [0.1, 0.15) is 6.04 Å². The zero-order valence-electron chi connectivity index (χ0n) is 4.63. The van der Waals surface area contributed by atoms with E-state index in [0.717, 1.165) is 0 Å². The van der Waals surface area contributed by atoms with Gasteiger partial charge in [-0.15, -0.1) is 0 Å². The van der Waals surface area contributed by atoms with Crippen LogP contribution in [0.1, 0.15) is 6.42 Å². The number of nitrogens with two attached hydrogens (primary N) is 1. The van der Waals surface area contributed by atoms with Crippen molar-refractivity contribution in [2.75, 3.05) is 0 Å². The maximum absolute atomic E-state index is 9.95. The normalized spacial score (nSPS) is 12.6. The lowest BCUT2D eigenvalue weighted by Crippen LogP contribution is -2.28. The standard InChI is InChI=1S/C4H7N2O3/c5-2(4(8)9)1-3(6)7/h2,5H,1H2,(H2,6,7)(H,8,9). The van der Waals surface area contributed by atoms with E-state index in [0.29, 0.717) is 0 Å². The van der Waals surface area contributed by atoms with Crippen LogP contribution in [0, 0.1) is 0 Å². The van der Waals surface area contributed by atoms with E-state index in [-0.39, 0.29) is 0 Å². The summed E-state index contributed by atoms with van der Waals surface area (Å²) >= 11 is 0. The van der Waals surface area contributed by atoms with Crippen LogP contribution < -0.4 is 11.5 Å². The van der Waals surface area contributed by atoms with Crippen LogP contribution in [0.5, 0.6) is 0 Å². The molecule has 0 bridgehead atoms. The Kier molecular flexibility index (Phi) is 2.66. The molecule has 9 heavy (non-hydrogen) atoms. The van der Waals surface area contributed by atoms with Gasteiger partial charge in [-0.1, -0.05) is 0 Å². The molecule has 0 aliphatic carbocycles. The second kappa shape index (κ2) is 3.03. The van der Waals surface area contributed by atoms with Crippen LogP contribution in [0.3, 0.4) is 0 Å². The molecule has 0 saturated carbocycles. The third-order valence-electron chi connectivity index (χ3n) is 0.703. The summed E-state index contributed by atoms with van der Waals surface area (Å²) in [5.41, 5.74) is 11.3. The quantitative estimate of drug-likeness (QED) is 0.492. The maximum atomic E-state index is 9.95. The Labute approximate surface area is 51.6 Å². The molecule has 0 aromatic carbocycles. The lowest BCUT2D eigenvalue weighted by Gasteiger charge is -1.98. The molecular weight excluding hydrogens is 124 g/mol. The Hall–Kier alpha value is -1.10. The van der Waals surface area contributed by atoms with Crippen LogP contribution in [-0.2, 0) is 9.59 Å². The van der Waals surface area contributed by atoms with Crippen LogP contribution in [0.15, 0.2) is 0 Å². The summed E-state index contributed by atoms with van der Waals surface area (Å²) in [6.07, 6.45) is -0.421. The van der Waals surface area contributed by atoms with Crippen LogP contribution in [0.4, 0.5) is 0 Å². The molecule has 1 atom stereocenters. The van der Waals surface area contributed by atoms with E-state index in [1.165, 1.54) is 0 Å². The molecule has 0 aromatic rings. The van der Waals surface area contributed by atoms with E-state index in [4.69, 9.17) is 10.8 Å². The molecule has 0 rings (SSSR count). The number of aliphatic carboxylic acids is 1. The van der Waals surface area contributed by atoms with Crippen molar-refractivity contribution in [2.45, 2.75) is 12.5 Å². The van der Waals surface area contributed by atoms with E-state index < -0.39 is 24.3 Å².